The number of nitro benzene ring substituents is 1. The van der Waals surface area contributed by atoms with E-state index in [0.29, 0.717) is 25.1 Å². The van der Waals surface area contributed by atoms with Crippen molar-refractivity contribution < 1.29 is 18.1 Å². The number of nitro groups is 1. The van der Waals surface area contributed by atoms with Gasteiger partial charge in [0.05, 0.1) is 16.4 Å². The first kappa shape index (κ1) is 20.0. The highest BCUT2D eigenvalue weighted by Crippen LogP contribution is 2.18. The number of nitrogens with one attached hydrogen (secondary N) is 1. The van der Waals surface area contributed by atoms with Gasteiger partial charge in [-0.3, -0.25) is 14.9 Å². The molecule has 1 amide bonds. The number of aromatic nitrogens is 2. The normalized spacial score (nSPS) is 17.0. The maximum absolute atomic E-state index is 12.7. The van der Waals surface area contributed by atoms with Crippen LogP contribution in [-0.4, -0.2) is 58.8 Å². The number of hydrogen-bond acceptors (Lipinski definition) is 6. The molecule has 1 aliphatic heterocycles. The summed E-state index contributed by atoms with van der Waals surface area (Å²) >= 11 is 0. The summed E-state index contributed by atoms with van der Waals surface area (Å²) < 4.78 is 27.8. The Bertz CT molecular complexity index is 987. The van der Waals surface area contributed by atoms with Crippen molar-refractivity contribution in [2.45, 2.75) is 25.8 Å². The largest absolute Gasteiger partial charge is 0.336 e. The van der Waals surface area contributed by atoms with Crippen LogP contribution in [0.4, 0.5) is 5.69 Å². The number of amides is 1. The van der Waals surface area contributed by atoms with Crippen LogP contribution in [0.25, 0.3) is 5.69 Å². The molecule has 0 saturated carbocycles. The first-order chi connectivity index (χ1) is 13.3. The van der Waals surface area contributed by atoms with Gasteiger partial charge in [0.2, 0.25) is 10.0 Å². The lowest BCUT2D eigenvalue weighted by Gasteiger charge is -2.16. The van der Waals surface area contributed by atoms with E-state index in [1.165, 1.54) is 22.9 Å². The first-order valence-electron chi connectivity index (χ1n) is 8.89. The number of non-ortho nitro benzene ring substituents is 1. The molecule has 2 aromatic rings. The zero-order valence-corrected chi connectivity index (χ0v) is 16.1. The SMILES string of the molecule is CCCS(=O)(=O)N[C@H]1CCN(C(=O)c2ccn(-c3cccc([N+](=O)[O-])c3)n2)C1. The molecule has 2 heterocycles. The van der Waals surface area contributed by atoms with Crippen LogP contribution >= 0.6 is 0 Å². The summed E-state index contributed by atoms with van der Waals surface area (Å²) in [5.74, 6) is -0.244. The van der Waals surface area contributed by atoms with E-state index in [4.69, 9.17) is 0 Å². The quantitative estimate of drug-likeness (QED) is 0.545. The van der Waals surface area contributed by atoms with Crippen molar-refractivity contribution >= 4 is 21.6 Å². The number of benzene rings is 1. The molecule has 1 fully saturated rings. The summed E-state index contributed by atoms with van der Waals surface area (Å²) in [5.41, 5.74) is 0.603. The average molecular weight is 407 g/mol. The van der Waals surface area contributed by atoms with Crippen LogP contribution in [0, 0.1) is 10.1 Å². The van der Waals surface area contributed by atoms with E-state index < -0.39 is 14.9 Å². The van der Waals surface area contributed by atoms with Gasteiger partial charge in [-0.2, -0.15) is 5.10 Å². The Morgan fingerprint density at radius 1 is 1.39 bits per heavy atom. The summed E-state index contributed by atoms with van der Waals surface area (Å²) in [6.07, 6.45) is 2.63. The summed E-state index contributed by atoms with van der Waals surface area (Å²) in [6, 6.07) is 7.18. The lowest BCUT2D eigenvalue weighted by molar-refractivity contribution is -0.384. The fourth-order valence-corrected chi connectivity index (χ4v) is 4.47. The number of rotatable bonds is 7. The third-order valence-electron chi connectivity index (χ3n) is 4.41. The average Bonchev–Trinajstić information content (AvgIpc) is 3.30. The van der Waals surface area contributed by atoms with E-state index >= 15 is 0 Å². The predicted octanol–water partition coefficient (Wildman–Crippen LogP) is 1.32. The van der Waals surface area contributed by atoms with E-state index in [1.54, 1.807) is 30.2 Å². The minimum Gasteiger partial charge on any atom is -0.336 e. The van der Waals surface area contributed by atoms with Gasteiger partial charge in [0.25, 0.3) is 11.6 Å². The van der Waals surface area contributed by atoms with Gasteiger partial charge in [-0.25, -0.2) is 17.8 Å². The van der Waals surface area contributed by atoms with Crippen molar-refractivity contribution in [2.75, 3.05) is 18.8 Å². The standard InChI is InChI=1S/C17H21N5O5S/c1-2-10-28(26,27)19-13-6-8-20(12-13)17(23)16-7-9-21(18-16)14-4-3-5-15(11-14)22(24)25/h3-5,7,9,11,13,19H,2,6,8,10,12H2,1H3/t13-/m0/s1. The summed E-state index contributed by atoms with van der Waals surface area (Å²) in [5, 5.41) is 15.1. The molecule has 10 nitrogen and oxygen atoms in total. The number of likely N-dealkylation sites (tertiary alicyclic amines) is 1. The van der Waals surface area contributed by atoms with Crippen LogP contribution in [0.5, 0.6) is 0 Å². The number of carbonyl (C=O) groups excluding carboxylic acids is 1. The fraction of sp³-hybridized carbons (Fsp3) is 0.412. The van der Waals surface area contributed by atoms with Gasteiger partial charge in [0.1, 0.15) is 0 Å². The van der Waals surface area contributed by atoms with Gasteiger partial charge >= 0.3 is 0 Å². The molecule has 1 atom stereocenters. The highest BCUT2D eigenvalue weighted by Gasteiger charge is 2.30. The summed E-state index contributed by atoms with van der Waals surface area (Å²) in [7, 11) is -3.33. The summed E-state index contributed by atoms with van der Waals surface area (Å²) in [4.78, 5) is 24.6. The number of hydrogen-bond donors (Lipinski definition) is 1. The molecule has 1 aromatic heterocycles. The molecule has 1 aliphatic rings. The van der Waals surface area contributed by atoms with Crippen LogP contribution in [0.15, 0.2) is 36.5 Å². The van der Waals surface area contributed by atoms with E-state index in [1.807, 2.05) is 0 Å². The van der Waals surface area contributed by atoms with Crippen molar-refractivity contribution in [3.63, 3.8) is 0 Å². The second kappa shape index (κ2) is 8.07. The molecule has 1 saturated heterocycles. The van der Waals surface area contributed by atoms with Crippen molar-refractivity contribution in [2.24, 2.45) is 0 Å². The van der Waals surface area contributed by atoms with Crippen molar-refractivity contribution in [3.05, 3.63) is 52.3 Å². The lowest BCUT2D eigenvalue weighted by Crippen LogP contribution is -2.39. The van der Waals surface area contributed by atoms with E-state index in [0.717, 1.165) is 0 Å². The molecule has 0 bridgehead atoms. The van der Waals surface area contributed by atoms with Gasteiger partial charge in [0, 0.05) is 37.5 Å². The fourth-order valence-electron chi connectivity index (χ4n) is 3.12. The van der Waals surface area contributed by atoms with Crippen molar-refractivity contribution in [3.8, 4) is 5.69 Å². The zero-order chi connectivity index (χ0) is 20.3. The molecule has 28 heavy (non-hydrogen) atoms. The zero-order valence-electron chi connectivity index (χ0n) is 15.3. The van der Waals surface area contributed by atoms with Crippen LogP contribution in [0.3, 0.4) is 0 Å². The Morgan fingerprint density at radius 3 is 2.89 bits per heavy atom. The molecular weight excluding hydrogens is 386 g/mol. The molecule has 0 spiro atoms. The topological polar surface area (TPSA) is 127 Å². The Hall–Kier alpha value is -2.79. The Morgan fingerprint density at radius 2 is 2.18 bits per heavy atom. The third-order valence-corrected chi connectivity index (χ3v) is 6.05. The number of nitrogens with zero attached hydrogens (tertiary/aromatic N) is 4. The van der Waals surface area contributed by atoms with Crippen molar-refractivity contribution in [1.29, 1.82) is 0 Å². The lowest BCUT2D eigenvalue weighted by atomic mass is 10.3. The first-order valence-corrected chi connectivity index (χ1v) is 10.5. The molecular formula is C17H21N5O5S. The van der Waals surface area contributed by atoms with Crippen molar-refractivity contribution in [1.82, 2.24) is 19.4 Å². The molecule has 0 unspecified atom stereocenters. The van der Waals surface area contributed by atoms with Crippen LogP contribution in [-0.2, 0) is 10.0 Å². The Balaban J connectivity index is 1.68. The summed E-state index contributed by atoms with van der Waals surface area (Å²) in [6.45, 7) is 2.51. The van der Waals surface area contributed by atoms with Gasteiger partial charge < -0.3 is 4.90 Å². The minimum absolute atomic E-state index is 0.0606. The highest BCUT2D eigenvalue weighted by atomic mass is 32.2. The maximum atomic E-state index is 12.7. The number of carbonyl (C=O) groups is 1. The van der Waals surface area contributed by atoms with Gasteiger partial charge in [-0.1, -0.05) is 13.0 Å². The molecule has 11 heteroatoms. The van der Waals surface area contributed by atoms with E-state index in [9.17, 15) is 23.3 Å². The van der Waals surface area contributed by atoms with Crippen LogP contribution < -0.4 is 4.72 Å². The molecule has 1 aromatic carbocycles. The molecule has 3 rings (SSSR count). The molecule has 0 aliphatic carbocycles. The van der Waals surface area contributed by atoms with Gasteiger partial charge in [0.15, 0.2) is 5.69 Å². The van der Waals surface area contributed by atoms with Gasteiger partial charge in [-0.05, 0) is 25.0 Å². The maximum Gasteiger partial charge on any atom is 0.274 e. The molecule has 0 radical (unpaired) electrons. The smallest absolute Gasteiger partial charge is 0.274 e. The predicted molar refractivity (Wildman–Crippen MR) is 102 cm³/mol. The number of sulfonamides is 1. The van der Waals surface area contributed by atoms with Crippen LogP contribution in [0.1, 0.15) is 30.3 Å². The van der Waals surface area contributed by atoms with E-state index in [2.05, 4.69) is 9.82 Å². The minimum atomic E-state index is -3.33. The Kier molecular flexibility index (Phi) is 5.75. The Labute approximate surface area is 162 Å². The molecule has 1 N–H and O–H groups in total. The second-order valence-electron chi connectivity index (χ2n) is 6.60. The highest BCUT2D eigenvalue weighted by molar-refractivity contribution is 7.89. The van der Waals surface area contributed by atoms with Crippen LogP contribution in [0.2, 0.25) is 0 Å². The monoisotopic (exact) mass is 407 g/mol. The van der Waals surface area contributed by atoms with E-state index in [-0.39, 0.29) is 35.6 Å². The second-order valence-corrected chi connectivity index (χ2v) is 8.47. The van der Waals surface area contributed by atoms with Gasteiger partial charge in [-0.15, -0.1) is 0 Å². The molecule has 150 valence electrons. The third kappa shape index (κ3) is 4.54.